The van der Waals surface area contributed by atoms with Crippen LogP contribution in [0.25, 0.3) is 22.4 Å². The Kier molecular flexibility index (Phi) is 7.97. The van der Waals surface area contributed by atoms with E-state index in [0.717, 1.165) is 38.1 Å². The third-order valence-corrected chi connectivity index (χ3v) is 7.20. The highest BCUT2D eigenvalue weighted by Crippen LogP contribution is 2.25. The van der Waals surface area contributed by atoms with Crippen LogP contribution in [0.3, 0.4) is 0 Å². The first-order valence-corrected chi connectivity index (χ1v) is 13.5. The van der Waals surface area contributed by atoms with E-state index in [2.05, 4.69) is 25.6 Å². The van der Waals surface area contributed by atoms with E-state index in [1.165, 1.54) is 16.8 Å². The number of aromatic nitrogens is 4. The number of piperidine rings is 1. The maximum Gasteiger partial charge on any atom is 0.278 e. The fourth-order valence-electron chi connectivity index (χ4n) is 4.10. The molecule has 0 unspecified atom stereocenters. The predicted octanol–water partition coefficient (Wildman–Crippen LogP) is 3.13. The molecule has 3 N–H and O–H groups in total. The Balaban J connectivity index is 1.68. The van der Waals surface area contributed by atoms with Crippen molar-refractivity contribution >= 4 is 32.8 Å². The summed E-state index contributed by atoms with van der Waals surface area (Å²) in [4.78, 5) is 26.7. The van der Waals surface area contributed by atoms with Crippen LogP contribution in [0.15, 0.2) is 29.2 Å². The Morgan fingerprint density at radius 1 is 1.24 bits per heavy atom. The number of anilines is 2. The van der Waals surface area contributed by atoms with Gasteiger partial charge in [0.15, 0.2) is 5.65 Å². The highest BCUT2D eigenvalue weighted by Gasteiger charge is 2.21. The molecule has 1 aliphatic heterocycles. The summed E-state index contributed by atoms with van der Waals surface area (Å²) in [7, 11) is -4.18. The van der Waals surface area contributed by atoms with Crippen LogP contribution in [0, 0.1) is 5.82 Å². The van der Waals surface area contributed by atoms with Gasteiger partial charge in [-0.3, -0.25) is 14.1 Å². The van der Waals surface area contributed by atoms with Gasteiger partial charge in [-0.15, -0.1) is 0 Å². The summed E-state index contributed by atoms with van der Waals surface area (Å²) >= 11 is 0. The van der Waals surface area contributed by atoms with Gasteiger partial charge in [-0.05, 0) is 45.4 Å². The highest BCUT2D eigenvalue weighted by molar-refractivity contribution is 7.92. The Labute approximate surface area is 211 Å². The van der Waals surface area contributed by atoms with Crippen molar-refractivity contribution in [3.05, 3.63) is 40.6 Å². The van der Waals surface area contributed by atoms with E-state index in [9.17, 15) is 26.4 Å². The molecule has 0 saturated carbocycles. The summed E-state index contributed by atoms with van der Waals surface area (Å²) < 4.78 is 66.9. The molecule has 2 aromatic heterocycles. The lowest BCUT2D eigenvalue weighted by Crippen LogP contribution is -2.38. The average molecular weight is 540 g/mol. The van der Waals surface area contributed by atoms with Gasteiger partial charge in [-0.2, -0.15) is 4.98 Å². The second-order valence-electron chi connectivity index (χ2n) is 9.11. The van der Waals surface area contributed by atoms with E-state index < -0.39 is 45.7 Å². The number of sulfonamides is 1. The van der Waals surface area contributed by atoms with Crippen molar-refractivity contribution in [2.24, 2.45) is 0 Å². The normalized spacial score (nSPS) is 16.5. The Morgan fingerprint density at radius 2 is 2.03 bits per heavy atom. The third-order valence-electron chi connectivity index (χ3n) is 5.89. The van der Waals surface area contributed by atoms with Crippen molar-refractivity contribution in [3.63, 3.8) is 0 Å². The molecule has 0 bridgehead atoms. The van der Waals surface area contributed by atoms with Crippen LogP contribution < -0.4 is 20.9 Å². The summed E-state index contributed by atoms with van der Waals surface area (Å²) in [6.45, 7) is 5.35. The fraction of sp³-hybridized carbons (Fsp3) is 0.478. The minimum absolute atomic E-state index is 0.0620. The van der Waals surface area contributed by atoms with Crippen LogP contribution in [-0.2, 0) is 10.0 Å². The average Bonchev–Trinajstić information content (AvgIpc) is 2.84. The lowest BCUT2D eigenvalue weighted by atomic mass is 10.1. The first-order chi connectivity index (χ1) is 17.5. The van der Waals surface area contributed by atoms with E-state index in [4.69, 9.17) is 0 Å². The maximum absolute atomic E-state index is 14.8. The number of fused-ring (bicyclic) bond motifs is 1. The zero-order valence-corrected chi connectivity index (χ0v) is 21.2. The molecule has 37 heavy (non-hydrogen) atoms. The van der Waals surface area contributed by atoms with Crippen molar-refractivity contribution in [3.8, 4) is 11.3 Å². The molecule has 3 heterocycles. The molecule has 200 valence electrons. The quantitative estimate of drug-likeness (QED) is 0.378. The van der Waals surface area contributed by atoms with Crippen LogP contribution in [0.1, 0.15) is 39.2 Å². The summed E-state index contributed by atoms with van der Waals surface area (Å²) in [6.07, 6.45) is -0.191. The van der Waals surface area contributed by atoms with E-state index in [1.807, 2.05) is 18.6 Å². The molecule has 4 rings (SSSR count). The number of alkyl halides is 2. The molecule has 0 spiro atoms. The maximum atomic E-state index is 14.8. The Morgan fingerprint density at radius 3 is 2.68 bits per heavy atom. The van der Waals surface area contributed by atoms with Gasteiger partial charge >= 0.3 is 0 Å². The molecule has 0 aliphatic carbocycles. The number of halogens is 3. The Hall–Kier alpha value is -3.26. The van der Waals surface area contributed by atoms with Crippen molar-refractivity contribution in [1.82, 2.24) is 24.8 Å². The van der Waals surface area contributed by atoms with Crippen LogP contribution in [0.5, 0.6) is 0 Å². The van der Waals surface area contributed by atoms with Crippen LogP contribution in [0.2, 0.25) is 0 Å². The van der Waals surface area contributed by atoms with Gasteiger partial charge in [0, 0.05) is 30.6 Å². The monoisotopic (exact) mass is 539 g/mol. The molecule has 1 atom stereocenters. The molecule has 1 aromatic carbocycles. The summed E-state index contributed by atoms with van der Waals surface area (Å²) in [5.74, 6) is -1.46. The van der Waals surface area contributed by atoms with Crippen LogP contribution in [0.4, 0.5) is 24.8 Å². The van der Waals surface area contributed by atoms with Gasteiger partial charge in [-0.25, -0.2) is 31.6 Å². The minimum atomic E-state index is -4.18. The van der Waals surface area contributed by atoms with Gasteiger partial charge < -0.3 is 10.6 Å². The van der Waals surface area contributed by atoms with E-state index >= 15 is 0 Å². The van der Waals surface area contributed by atoms with Gasteiger partial charge in [-0.1, -0.05) is 6.07 Å². The summed E-state index contributed by atoms with van der Waals surface area (Å²) in [6, 6.07) is 3.28. The van der Waals surface area contributed by atoms with Crippen molar-refractivity contribution in [1.29, 1.82) is 0 Å². The standard InChI is InChI=1S/C23H28F3N7O3S/c1-13(2)33-21-18(12-28-23(31-21)29-15-4-3-8-27-11-15)30-20(22(33)34)14-5-6-17(16(24)10-14)32-37(35,36)9-7-19(25)26/h5-6,10,12-13,15,19,27,32H,3-4,7-9,11H2,1-2H3,(H,28,29,31)/t15-/m0/s1. The topological polar surface area (TPSA) is 131 Å². The van der Waals surface area contributed by atoms with Crippen molar-refractivity contribution < 1.29 is 21.6 Å². The number of hydrogen-bond acceptors (Lipinski definition) is 8. The SMILES string of the molecule is CC(C)n1c(=O)c(-c2ccc(NS(=O)(=O)CCC(F)F)c(F)c2)nc2cnc(N[C@H]3CCCNC3)nc21. The molecule has 1 saturated heterocycles. The fourth-order valence-corrected chi connectivity index (χ4v) is 5.19. The zero-order chi connectivity index (χ0) is 26.7. The smallest absolute Gasteiger partial charge is 0.278 e. The molecular formula is C23H28F3N7O3S. The molecule has 3 aromatic rings. The number of rotatable bonds is 9. The van der Waals surface area contributed by atoms with Crippen molar-refractivity contribution in [2.45, 2.75) is 51.6 Å². The molecule has 1 aliphatic rings. The molecule has 0 radical (unpaired) electrons. The summed E-state index contributed by atoms with van der Waals surface area (Å²) in [5, 5.41) is 6.58. The number of nitrogens with zero attached hydrogens (tertiary/aromatic N) is 4. The van der Waals surface area contributed by atoms with E-state index in [0.29, 0.717) is 17.1 Å². The second-order valence-corrected chi connectivity index (χ2v) is 11.0. The lowest BCUT2D eigenvalue weighted by Gasteiger charge is -2.24. The van der Waals surface area contributed by atoms with Gasteiger partial charge in [0.05, 0.1) is 17.6 Å². The molecule has 0 amide bonds. The van der Waals surface area contributed by atoms with Gasteiger partial charge in [0.25, 0.3) is 5.56 Å². The van der Waals surface area contributed by atoms with E-state index in [1.54, 1.807) is 0 Å². The first-order valence-electron chi connectivity index (χ1n) is 11.9. The first kappa shape index (κ1) is 26.8. The van der Waals surface area contributed by atoms with Crippen LogP contribution in [-0.4, -0.2) is 59.2 Å². The largest absolute Gasteiger partial charge is 0.350 e. The minimum Gasteiger partial charge on any atom is -0.350 e. The van der Waals surface area contributed by atoms with Gasteiger partial charge in [0.1, 0.15) is 17.0 Å². The number of nitrogens with one attached hydrogen (secondary N) is 3. The zero-order valence-electron chi connectivity index (χ0n) is 20.3. The second kappa shape index (κ2) is 11.0. The van der Waals surface area contributed by atoms with Crippen LogP contribution >= 0.6 is 0 Å². The number of hydrogen-bond donors (Lipinski definition) is 3. The highest BCUT2D eigenvalue weighted by atomic mass is 32.2. The third kappa shape index (κ3) is 6.36. The molecular weight excluding hydrogens is 511 g/mol. The van der Waals surface area contributed by atoms with Gasteiger partial charge in [0.2, 0.25) is 22.4 Å². The summed E-state index contributed by atoms with van der Waals surface area (Å²) in [5.41, 5.74) is -0.213. The Bertz CT molecular complexity index is 1440. The number of benzene rings is 1. The predicted molar refractivity (Wildman–Crippen MR) is 135 cm³/mol. The van der Waals surface area contributed by atoms with Crippen molar-refractivity contribution in [2.75, 3.05) is 28.9 Å². The molecule has 1 fully saturated rings. The van der Waals surface area contributed by atoms with E-state index in [-0.39, 0.29) is 23.3 Å². The molecule has 10 nitrogen and oxygen atoms in total. The molecule has 14 heteroatoms. The lowest BCUT2D eigenvalue weighted by molar-refractivity contribution is 0.145.